The van der Waals surface area contributed by atoms with Crippen molar-refractivity contribution in [3.63, 3.8) is 0 Å². The summed E-state index contributed by atoms with van der Waals surface area (Å²) in [5.41, 5.74) is 7.71. The molecule has 0 atom stereocenters. The minimum absolute atomic E-state index is 0.473. The molecule has 0 bridgehead atoms. The first kappa shape index (κ1) is 16.3. The Morgan fingerprint density at radius 2 is 1.88 bits per heavy atom. The van der Waals surface area contributed by atoms with Crippen LogP contribution in [0.15, 0.2) is 53.7 Å². The smallest absolute Gasteiger partial charge is 0.214 e. The first-order valence-corrected chi connectivity index (χ1v) is 8.80. The van der Waals surface area contributed by atoms with E-state index in [1.165, 1.54) is 11.8 Å². The first-order chi connectivity index (χ1) is 12.7. The molecule has 2 heterocycles. The fourth-order valence-corrected chi connectivity index (χ4v) is 3.24. The standard InChI is InChI=1S/C17H15N7OS/c1-25-12-8-6-11(7-9-12)24-17(21-22-23-24)26-10-15-19-14-5-3-2-4-13(14)16(18)20-15/h2-9H,10H2,1H3,(H2,18,19,20). The third-order valence-corrected chi connectivity index (χ3v) is 4.68. The van der Waals surface area contributed by atoms with Crippen LogP contribution < -0.4 is 10.5 Å². The monoisotopic (exact) mass is 365 g/mol. The van der Waals surface area contributed by atoms with Crippen LogP contribution in [0.2, 0.25) is 0 Å². The molecule has 4 aromatic rings. The third kappa shape index (κ3) is 3.16. The van der Waals surface area contributed by atoms with Crippen molar-refractivity contribution in [3.05, 3.63) is 54.4 Å². The molecule has 0 saturated heterocycles. The Morgan fingerprint density at radius 3 is 2.69 bits per heavy atom. The van der Waals surface area contributed by atoms with E-state index in [0.717, 1.165) is 22.3 Å². The van der Waals surface area contributed by atoms with E-state index in [1.54, 1.807) is 11.8 Å². The fourth-order valence-electron chi connectivity index (χ4n) is 2.50. The highest BCUT2D eigenvalue weighted by Gasteiger charge is 2.11. The van der Waals surface area contributed by atoms with Crippen LogP contribution in [-0.2, 0) is 5.75 Å². The van der Waals surface area contributed by atoms with Crippen LogP contribution in [0.4, 0.5) is 5.82 Å². The van der Waals surface area contributed by atoms with Crippen molar-refractivity contribution >= 4 is 28.5 Å². The van der Waals surface area contributed by atoms with Gasteiger partial charge in [0.1, 0.15) is 17.4 Å². The summed E-state index contributed by atoms with van der Waals surface area (Å²) in [6.45, 7) is 0. The second-order valence-electron chi connectivity index (χ2n) is 5.40. The number of aromatic nitrogens is 6. The highest BCUT2D eigenvalue weighted by atomic mass is 32.2. The van der Waals surface area contributed by atoms with Crippen molar-refractivity contribution in [2.45, 2.75) is 10.9 Å². The molecule has 0 radical (unpaired) electrons. The van der Waals surface area contributed by atoms with Gasteiger partial charge in [-0.15, -0.1) is 5.10 Å². The average Bonchev–Trinajstić information content (AvgIpc) is 3.15. The molecule has 0 aliphatic rings. The lowest BCUT2D eigenvalue weighted by molar-refractivity contribution is 0.414. The van der Waals surface area contributed by atoms with Gasteiger partial charge in [-0.05, 0) is 46.8 Å². The van der Waals surface area contributed by atoms with Crippen LogP contribution in [-0.4, -0.2) is 37.3 Å². The molecule has 0 saturated carbocycles. The molecule has 4 rings (SSSR count). The van der Waals surface area contributed by atoms with Crippen LogP contribution in [0.25, 0.3) is 16.6 Å². The second kappa shape index (κ2) is 6.96. The predicted molar refractivity (Wildman–Crippen MR) is 99.2 cm³/mol. The maximum absolute atomic E-state index is 6.04. The number of nitrogen functional groups attached to an aromatic ring is 1. The van der Waals surface area contributed by atoms with Crippen LogP contribution in [0.1, 0.15) is 5.82 Å². The molecule has 0 aliphatic heterocycles. The molecule has 2 N–H and O–H groups in total. The predicted octanol–water partition coefficient (Wildman–Crippen LogP) is 2.49. The molecule has 0 unspecified atom stereocenters. The summed E-state index contributed by atoms with van der Waals surface area (Å²) in [7, 11) is 1.63. The number of hydrogen-bond donors (Lipinski definition) is 1. The number of para-hydroxylation sites is 1. The summed E-state index contributed by atoms with van der Waals surface area (Å²) in [4.78, 5) is 8.93. The lowest BCUT2D eigenvalue weighted by Crippen LogP contribution is -2.02. The molecule has 9 heteroatoms. The lowest BCUT2D eigenvalue weighted by atomic mass is 10.2. The Kier molecular flexibility index (Phi) is 4.36. The van der Waals surface area contributed by atoms with Gasteiger partial charge in [0.2, 0.25) is 5.16 Å². The average molecular weight is 365 g/mol. The molecular formula is C17H15N7OS. The van der Waals surface area contributed by atoms with Gasteiger partial charge in [0.05, 0.1) is 24.1 Å². The number of thioether (sulfide) groups is 1. The minimum Gasteiger partial charge on any atom is -0.497 e. The second-order valence-corrected chi connectivity index (χ2v) is 6.34. The molecule has 130 valence electrons. The van der Waals surface area contributed by atoms with E-state index in [1.807, 2.05) is 48.5 Å². The molecule has 0 amide bonds. The topological polar surface area (TPSA) is 105 Å². The van der Waals surface area contributed by atoms with Crippen LogP contribution in [0.3, 0.4) is 0 Å². The highest BCUT2D eigenvalue weighted by molar-refractivity contribution is 7.98. The van der Waals surface area contributed by atoms with Crippen molar-refractivity contribution < 1.29 is 4.74 Å². The van der Waals surface area contributed by atoms with E-state index in [4.69, 9.17) is 10.5 Å². The van der Waals surface area contributed by atoms with Crippen LogP contribution in [0.5, 0.6) is 5.75 Å². The summed E-state index contributed by atoms with van der Waals surface area (Å²) in [5.74, 6) is 2.39. The van der Waals surface area contributed by atoms with Gasteiger partial charge in [-0.1, -0.05) is 23.9 Å². The van der Waals surface area contributed by atoms with Gasteiger partial charge in [0, 0.05) is 5.39 Å². The van der Waals surface area contributed by atoms with Crippen LogP contribution >= 0.6 is 11.8 Å². The fraction of sp³-hybridized carbons (Fsp3) is 0.118. The summed E-state index contributed by atoms with van der Waals surface area (Å²) < 4.78 is 6.84. The zero-order valence-corrected chi connectivity index (χ0v) is 14.7. The van der Waals surface area contributed by atoms with Gasteiger partial charge >= 0.3 is 0 Å². The number of hydrogen-bond acceptors (Lipinski definition) is 8. The Balaban J connectivity index is 1.56. The van der Waals surface area contributed by atoms with E-state index in [2.05, 4.69) is 25.5 Å². The SMILES string of the molecule is COc1ccc(-n2nnnc2SCc2nc(N)c3ccccc3n2)cc1. The van der Waals surface area contributed by atoms with E-state index in [9.17, 15) is 0 Å². The van der Waals surface area contributed by atoms with E-state index in [-0.39, 0.29) is 0 Å². The normalized spacial score (nSPS) is 11.0. The number of methoxy groups -OCH3 is 1. The van der Waals surface area contributed by atoms with Crippen LogP contribution in [0, 0.1) is 0 Å². The first-order valence-electron chi connectivity index (χ1n) is 7.81. The number of ether oxygens (including phenoxy) is 1. The summed E-state index contributed by atoms with van der Waals surface area (Å²) in [5, 5.41) is 13.4. The quantitative estimate of drug-likeness (QED) is 0.538. The number of benzene rings is 2. The van der Waals surface area contributed by atoms with Gasteiger partial charge < -0.3 is 10.5 Å². The molecule has 0 aliphatic carbocycles. The molecule has 26 heavy (non-hydrogen) atoms. The van der Waals surface area contributed by atoms with E-state index >= 15 is 0 Å². The van der Waals surface area contributed by atoms with Gasteiger partial charge in [-0.3, -0.25) is 0 Å². The minimum atomic E-state index is 0.473. The Bertz CT molecular complexity index is 1050. The van der Waals surface area contributed by atoms with E-state index < -0.39 is 0 Å². The summed E-state index contributed by atoms with van der Waals surface area (Å²) in [6, 6.07) is 15.2. The van der Waals surface area contributed by atoms with Crippen molar-refractivity contribution in [1.29, 1.82) is 0 Å². The van der Waals surface area contributed by atoms with Gasteiger partial charge in [0.25, 0.3) is 0 Å². The van der Waals surface area contributed by atoms with Crippen molar-refractivity contribution in [2.24, 2.45) is 0 Å². The number of nitrogens with two attached hydrogens (primary N) is 1. The Hall–Kier alpha value is -3.20. The summed E-state index contributed by atoms with van der Waals surface area (Å²) in [6.07, 6.45) is 0. The van der Waals surface area contributed by atoms with Gasteiger partial charge in [-0.25, -0.2) is 9.97 Å². The number of rotatable bonds is 5. The molecule has 0 fully saturated rings. The lowest BCUT2D eigenvalue weighted by Gasteiger charge is -2.06. The maximum Gasteiger partial charge on any atom is 0.214 e. The van der Waals surface area contributed by atoms with Crippen molar-refractivity contribution in [2.75, 3.05) is 12.8 Å². The number of nitrogens with zero attached hydrogens (tertiary/aromatic N) is 6. The summed E-state index contributed by atoms with van der Waals surface area (Å²) >= 11 is 1.44. The van der Waals surface area contributed by atoms with Gasteiger partial charge in [0.15, 0.2) is 0 Å². The number of tetrazole rings is 1. The number of anilines is 1. The molecule has 2 aromatic heterocycles. The highest BCUT2D eigenvalue weighted by Crippen LogP contribution is 2.24. The molecule has 8 nitrogen and oxygen atoms in total. The molecular weight excluding hydrogens is 350 g/mol. The molecule has 0 spiro atoms. The van der Waals surface area contributed by atoms with Crippen molar-refractivity contribution in [1.82, 2.24) is 30.2 Å². The number of fused-ring (bicyclic) bond motifs is 1. The Labute approximate surface area is 153 Å². The zero-order valence-electron chi connectivity index (χ0n) is 13.9. The van der Waals surface area contributed by atoms with E-state index in [0.29, 0.717) is 22.6 Å². The third-order valence-electron chi connectivity index (χ3n) is 3.77. The Morgan fingerprint density at radius 1 is 1.08 bits per heavy atom. The van der Waals surface area contributed by atoms with Crippen molar-refractivity contribution in [3.8, 4) is 11.4 Å². The maximum atomic E-state index is 6.04. The largest absolute Gasteiger partial charge is 0.497 e. The zero-order chi connectivity index (χ0) is 17.9. The molecule has 2 aromatic carbocycles. The van der Waals surface area contributed by atoms with Gasteiger partial charge in [-0.2, -0.15) is 4.68 Å².